The normalized spacial score (nSPS) is 23.8. The second-order valence-electron chi connectivity index (χ2n) is 10.4. The number of piperidine rings is 3. The number of fused-ring (bicyclic) bond motifs is 4. The molecule has 2 aromatic carbocycles. The van der Waals surface area contributed by atoms with Crippen molar-refractivity contribution >= 4 is 33.9 Å². The summed E-state index contributed by atoms with van der Waals surface area (Å²) in [4.78, 5) is 7.26. The van der Waals surface area contributed by atoms with Crippen molar-refractivity contribution in [1.29, 1.82) is 0 Å². The van der Waals surface area contributed by atoms with Gasteiger partial charge in [0.15, 0.2) is 5.11 Å². The number of methoxy groups -OCH3 is 1. The van der Waals surface area contributed by atoms with E-state index in [9.17, 15) is 0 Å². The first kappa shape index (κ1) is 24.7. The van der Waals surface area contributed by atoms with Gasteiger partial charge in [0.05, 0.1) is 18.7 Å². The molecule has 3 fully saturated rings. The van der Waals surface area contributed by atoms with Crippen LogP contribution in [0, 0.1) is 32.6 Å². The zero-order valence-corrected chi connectivity index (χ0v) is 22.5. The van der Waals surface area contributed by atoms with Crippen LogP contribution in [0.5, 0.6) is 5.75 Å². The molecule has 0 radical (unpaired) electrons. The molecule has 0 amide bonds. The third-order valence-electron chi connectivity index (χ3n) is 8.06. The summed E-state index contributed by atoms with van der Waals surface area (Å²) in [7, 11) is 1.71. The van der Waals surface area contributed by atoms with Gasteiger partial charge in [0, 0.05) is 29.9 Å². The third kappa shape index (κ3) is 4.72. The molecule has 2 bridgehead atoms. The highest BCUT2D eigenvalue weighted by atomic mass is 32.1. The van der Waals surface area contributed by atoms with Gasteiger partial charge in [0.25, 0.3) is 0 Å². The second-order valence-corrected chi connectivity index (χ2v) is 10.8. The summed E-state index contributed by atoms with van der Waals surface area (Å²) in [6.45, 7) is 12.7. The first-order valence-electron chi connectivity index (χ1n) is 12.8. The number of rotatable bonds is 6. The van der Waals surface area contributed by atoms with Gasteiger partial charge < -0.3 is 15.4 Å². The summed E-state index contributed by atoms with van der Waals surface area (Å²) >= 11 is 5.94. The summed E-state index contributed by atoms with van der Waals surface area (Å²) in [6.07, 6.45) is 6.41. The van der Waals surface area contributed by atoms with Crippen molar-refractivity contribution < 1.29 is 4.74 Å². The van der Waals surface area contributed by atoms with Crippen LogP contribution >= 0.6 is 12.2 Å². The first-order valence-corrected chi connectivity index (χ1v) is 13.2. The van der Waals surface area contributed by atoms with Crippen LogP contribution in [0.15, 0.2) is 55.3 Å². The third-order valence-corrected chi connectivity index (χ3v) is 8.28. The Labute approximate surface area is 219 Å². The van der Waals surface area contributed by atoms with Gasteiger partial charge in [-0.15, -0.1) is 6.58 Å². The standard InChI is InChI=1S/C30H36N4OS/c1-6-21-17-34-12-10-22(21)15-27(34)29(24-9-11-31-26-8-7-23(35-5)16-25(24)26)33-30(36)32-28-19(3)13-18(2)14-20(28)4/h6-9,11,13-14,16,21-22,27,29H,1,10,12,15,17H2,2-5H3,(H2,32,33,36)/t21-,22-,27-,29+/m0/s1. The summed E-state index contributed by atoms with van der Waals surface area (Å²) in [5, 5.41) is 9.02. The molecule has 0 saturated carbocycles. The number of thiocarbonyl (C=S) groups is 1. The number of hydrogen-bond donors (Lipinski definition) is 2. The molecule has 5 atom stereocenters. The largest absolute Gasteiger partial charge is 0.497 e. The summed E-state index contributed by atoms with van der Waals surface area (Å²) in [5.41, 5.74) is 6.89. The summed E-state index contributed by atoms with van der Waals surface area (Å²) in [6, 6.07) is 13.0. The average Bonchev–Trinajstić information content (AvgIpc) is 2.89. The topological polar surface area (TPSA) is 49.4 Å². The van der Waals surface area contributed by atoms with Gasteiger partial charge in [-0.1, -0.05) is 23.8 Å². The van der Waals surface area contributed by atoms with E-state index >= 15 is 0 Å². The Morgan fingerprint density at radius 2 is 1.97 bits per heavy atom. The quantitative estimate of drug-likeness (QED) is 0.315. The molecule has 0 spiro atoms. The van der Waals surface area contributed by atoms with E-state index in [-0.39, 0.29) is 6.04 Å². The number of aromatic nitrogens is 1. The molecule has 3 aromatic rings. The molecule has 1 aromatic heterocycles. The Hall–Kier alpha value is -2.96. The Bertz CT molecular complexity index is 1280. The lowest BCUT2D eigenvalue weighted by molar-refractivity contribution is 0.00443. The molecule has 3 saturated heterocycles. The fourth-order valence-electron chi connectivity index (χ4n) is 6.32. The first-order chi connectivity index (χ1) is 17.4. The number of benzene rings is 2. The number of hydrogen-bond acceptors (Lipinski definition) is 4. The number of pyridine rings is 1. The monoisotopic (exact) mass is 500 g/mol. The van der Waals surface area contributed by atoms with Gasteiger partial charge in [0.1, 0.15) is 5.75 Å². The van der Waals surface area contributed by atoms with Crippen molar-refractivity contribution in [2.75, 3.05) is 25.5 Å². The Kier molecular flexibility index (Phi) is 7.00. The Balaban J connectivity index is 1.52. The number of aryl methyl sites for hydroxylation is 3. The van der Waals surface area contributed by atoms with Crippen molar-refractivity contribution in [3.63, 3.8) is 0 Å². The van der Waals surface area contributed by atoms with Crippen molar-refractivity contribution in [3.8, 4) is 5.75 Å². The van der Waals surface area contributed by atoms with E-state index in [1.807, 2.05) is 18.3 Å². The molecule has 2 N–H and O–H groups in total. The minimum atomic E-state index is 0.0160. The van der Waals surface area contributed by atoms with E-state index in [4.69, 9.17) is 17.0 Å². The highest BCUT2D eigenvalue weighted by molar-refractivity contribution is 7.80. The van der Waals surface area contributed by atoms with E-state index in [0.717, 1.165) is 41.9 Å². The number of nitrogens with zero attached hydrogens (tertiary/aromatic N) is 2. The molecule has 3 aliphatic rings. The van der Waals surface area contributed by atoms with Crippen LogP contribution in [-0.2, 0) is 0 Å². The van der Waals surface area contributed by atoms with Crippen molar-refractivity contribution in [2.45, 2.75) is 45.7 Å². The van der Waals surface area contributed by atoms with Crippen molar-refractivity contribution in [2.24, 2.45) is 11.8 Å². The van der Waals surface area contributed by atoms with Gasteiger partial charge in [-0.05, 0) is 105 Å². The molecular formula is C30H36N4OS. The number of nitrogens with one attached hydrogen (secondary N) is 2. The van der Waals surface area contributed by atoms with Gasteiger partial charge >= 0.3 is 0 Å². The molecule has 4 heterocycles. The van der Waals surface area contributed by atoms with Gasteiger partial charge in [0.2, 0.25) is 0 Å². The van der Waals surface area contributed by atoms with Crippen molar-refractivity contribution in [3.05, 3.63) is 77.5 Å². The molecule has 6 heteroatoms. The highest BCUT2D eigenvalue weighted by Crippen LogP contribution is 2.42. The lowest BCUT2D eigenvalue weighted by Crippen LogP contribution is -2.57. The zero-order valence-electron chi connectivity index (χ0n) is 21.7. The van der Waals surface area contributed by atoms with Crippen LogP contribution in [-0.4, -0.2) is 41.2 Å². The number of ether oxygens (including phenoxy) is 1. The fourth-order valence-corrected chi connectivity index (χ4v) is 6.55. The maximum absolute atomic E-state index is 5.94. The lowest BCUT2D eigenvalue weighted by Gasteiger charge is -2.52. The van der Waals surface area contributed by atoms with Gasteiger partial charge in [-0.2, -0.15) is 0 Å². The smallest absolute Gasteiger partial charge is 0.171 e. The van der Waals surface area contributed by atoms with E-state index in [0.29, 0.717) is 23.0 Å². The molecule has 36 heavy (non-hydrogen) atoms. The van der Waals surface area contributed by atoms with Crippen LogP contribution < -0.4 is 15.4 Å². The van der Waals surface area contributed by atoms with E-state index in [2.05, 4.69) is 78.2 Å². The van der Waals surface area contributed by atoms with Crippen LogP contribution in [0.25, 0.3) is 10.9 Å². The lowest BCUT2D eigenvalue weighted by atomic mass is 9.73. The van der Waals surface area contributed by atoms with Crippen LogP contribution in [0.3, 0.4) is 0 Å². The Morgan fingerprint density at radius 3 is 2.64 bits per heavy atom. The number of anilines is 1. The molecule has 3 aliphatic heterocycles. The molecular weight excluding hydrogens is 464 g/mol. The molecule has 5 nitrogen and oxygen atoms in total. The zero-order chi connectivity index (χ0) is 25.4. The minimum absolute atomic E-state index is 0.0160. The van der Waals surface area contributed by atoms with Crippen LogP contribution in [0.1, 0.15) is 41.1 Å². The maximum atomic E-state index is 5.94. The van der Waals surface area contributed by atoms with Gasteiger partial charge in [-0.3, -0.25) is 9.88 Å². The summed E-state index contributed by atoms with van der Waals surface area (Å²) in [5.74, 6) is 2.06. The van der Waals surface area contributed by atoms with Crippen LogP contribution in [0.4, 0.5) is 5.69 Å². The average molecular weight is 501 g/mol. The summed E-state index contributed by atoms with van der Waals surface area (Å²) < 4.78 is 5.57. The minimum Gasteiger partial charge on any atom is -0.497 e. The predicted molar refractivity (Wildman–Crippen MR) is 153 cm³/mol. The predicted octanol–water partition coefficient (Wildman–Crippen LogP) is 6.09. The SMILES string of the molecule is C=C[C@H]1CN2CC[C@H]1C[C@H]2[C@H](NC(=S)Nc1c(C)cc(C)cc1C)c1ccnc2ccc(OC)cc12. The van der Waals surface area contributed by atoms with E-state index < -0.39 is 0 Å². The maximum Gasteiger partial charge on any atom is 0.171 e. The second kappa shape index (κ2) is 10.2. The van der Waals surface area contributed by atoms with E-state index in [1.54, 1.807) is 7.11 Å². The molecule has 1 unspecified atom stereocenters. The highest BCUT2D eigenvalue weighted by Gasteiger charge is 2.43. The van der Waals surface area contributed by atoms with Crippen molar-refractivity contribution in [1.82, 2.24) is 15.2 Å². The molecule has 0 aliphatic carbocycles. The fraction of sp³-hybridized carbons (Fsp3) is 0.400. The molecule has 188 valence electrons. The molecule has 6 rings (SSSR count). The Morgan fingerprint density at radius 1 is 1.19 bits per heavy atom. The van der Waals surface area contributed by atoms with Crippen LogP contribution in [0.2, 0.25) is 0 Å². The van der Waals surface area contributed by atoms with Gasteiger partial charge in [-0.25, -0.2) is 0 Å². The van der Waals surface area contributed by atoms with E-state index in [1.165, 1.54) is 28.7 Å².